The summed E-state index contributed by atoms with van der Waals surface area (Å²) in [6.07, 6.45) is -1.76. The minimum Gasteiger partial charge on any atom is -0.472 e. The summed E-state index contributed by atoms with van der Waals surface area (Å²) in [5.41, 5.74) is 2.58. The summed E-state index contributed by atoms with van der Waals surface area (Å²) in [4.78, 5) is 22.9. The third-order valence-corrected chi connectivity index (χ3v) is 5.54. The second-order valence-electron chi connectivity index (χ2n) is 7.67. The van der Waals surface area contributed by atoms with E-state index in [1.165, 1.54) is 6.92 Å². The molecule has 2 saturated heterocycles. The number of aromatic nitrogens is 3. The molecular weight excluding hydrogens is 440 g/mol. The molecule has 168 valence electrons. The van der Waals surface area contributed by atoms with Crippen LogP contribution in [0.5, 0.6) is 11.9 Å². The van der Waals surface area contributed by atoms with Crippen molar-refractivity contribution in [1.29, 1.82) is 0 Å². The number of rotatable bonds is 6. The number of halogens is 1. The van der Waals surface area contributed by atoms with Crippen LogP contribution in [0.3, 0.4) is 0 Å². The molecule has 2 fully saturated rings. The highest BCUT2D eigenvalue weighted by Gasteiger charge is 2.48. The van der Waals surface area contributed by atoms with Gasteiger partial charge in [0.1, 0.15) is 29.9 Å². The van der Waals surface area contributed by atoms with Crippen molar-refractivity contribution in [2.24, 2.45) is 0 Å². The van der Waals surface area contributed by atoms with E-state index in [0.29, 0.717) is 28.5 Å². The van der Waals surface area contributed by atoms with Crippen LogP contribution in [0.25, 0.3) is 11.2 Å². The number of anilines is 1. The first-order chi connectivity index (χ1) is 15.5. The van der Waals surface area contributed by atoms with E-state index in [1.54, 1.807) is 18.2 Å². The maximum Gasteiger partial charge on any atom is 0.296 e. The van der Waals surface area contributed by atoms with Crippen LogP contribution in [0.15, 0.2) is 30.3 Å². The Labute approximate surface area is 187 Å². The third kappa shape index (κ3) is 4.22. The lowest BCUT2D eigenvalue weighted by Gasteiger charge is -2.15. The molecule has 11 heteroatoms. The molecular formula is C21H21ClN4O6. The molecule has 2 aliphatic heterocycles. The van der Waals surface area contributed by atoms with E-state index in [1.807, 2.05) is 12.1 Å². The number of aliphatic hydroxyl groups is 1. The molecule has 0 saturated carbocycles. The summed E-state index contributed by atoms with van der Waals surface area (Å²) in [6, 6.07) is 9.20. The SMILES string of the molecule is CC(=O)Nc1ccc(COc2nc3nc(O[C@@H]4COC5[C@H](O)CO[C@@H]54)[nH]c3cc2Cl)cc1. The Bertz CT molecular complexity index is 1140. The molecule has 3 aromatic rings. The molecule has 0 spiro atoms. The molecule has 3 N–H and O–H groups in total. The van der Waals surface area contributed by atoms with Gasteiger partial charge in [0.05, 0.1) is 18.7 Å². The summed E-state index contributed by atoms with van der Waals surface area (Å²) in [5, 5.41) is 12.9. The largest absolute Gasteiger partial charge is 0.472 e. The van der Waals surface area contributed by atoms with E-state index >= 15 is 0 Å². The number of carbonyl (C=O) groups is 1. The van der Waals surface area contributed by atoms with Gasteiger partial charge in [-0.25, -0.2) is 0 Å². The molecule has 10 nitrogen and oxygen atoms in total. The lowest BCUT2D eigenvalue weighted by Crippen LogP contribution is -2.34. The Morgan fingerprint density at radius 3 is 2.81 bits per heavy atom. The number of hydrogen-bond donors (Lipinski definition) is 3. The van der Waals surface area contributed by atoms with Crippen LogP contribution in [0.1, 0.15) is 12.5 Å². The maximum atomic E-state index is 11.1. The first-order valence-corrected chi connectivity index (χ1v) is 10.5. The fourth-order valence-corrected chi connectivity index (χ4v) is 3.97. The minimum atomic E-state index is -0.647. The van der Waals surface area contributed by atoms with Crippen LogP contribution in [0.2, 0.25) is 5.02 Å². The number of hydrogen-bond acceptors (Lipinski definition) is 8. The van der Waals surface area contributed by atoms with Crippen LogP contribution in [0, 0.1) is 0 Å². The van der Waals surface area contributed by atoms with Gasteiger partial charge in [0.15, 0.2) is 11.8 Å². The van der Waals surface area contributed by atoms with Gasteiger partial charge >= 0.3 is 0 Å². The van der Waals surface area contributed by atoms with Crippen molar-refractivity contribution in [3.63, 3.8) is 0 Å². The Morgan fingerprint density at radius 2 is 2.03 bits per heavy atom. The van der Waals surface area contributed by atoms with Gasteiger partial charge < -0.3 is 34.4 Å². The second-order valence-corrected chi connectivity index (χ2v) is 8.08. The molecule has 5 rings (SSSR count). The Kier molecular flexibility index (Phi) is 5.60. The van der Waals surface area contributed by atoms with Crippen molar-refractivity contribution >= 4 is 34.4 Å². The molecule has 32 heavy (non-hydrogen) atoms. The van der Waals surface area contributed by atoms with E-state index in [4.69, 9.17) is 30.5 Å². The number of aromatic amines is 1. The van der Waals surface area contributed by atoms with Crippen LogP contribution < -0.4 is 14.8 Å². The maximum absolute atomic E-state index is 11.1. The number of H-pyrrole nitrogens is 1. The van der Waals surface area contributed by atoms with E-state index in [9.17, 15) is 9.90 Å². The first kappa shape index (κ1) is 21.0. The number of aliphatic hydroxyl groups excluding tert-OH is 1. The van der Waals surface area contributed by atoms with Gasteiger partial charge in [-0.1, -0.05) is 23.7 Å². The number of amides is 1. The second kappa shape index (κ2) is 8.55. The number of imidazole rings is 1. The van der Waals surface area contributed by atoms with Gasteiger partial charge in [-0.05, 0) is 23.8 Å². The Balaban J connectivity index is 1.26. The van der Waals surface area contributed by atoms with E-state index < -0.39 is 6.10 Å². The van der Waals surface area contributed by atoms with E-state index in [0.717, 1.165) is 5.56 Å². The van der Waals surface area contributed by atoms with Crippen molar-refractivity contribution in [3.8, 4) is 11.9 Å². The summed E-state index contributed by atoms with van der Waals surface area (Å²) in [6.45, 7) is 2.22. The van der Waals surface area contributed by atoms with Crippen LogP contribution in [-0.2, 0) is 20.9 Å². The number of pyridine rings is 1. The standard InChI is InChI=1S/C21H21ClN4O6/c1-10(27)23-12-4-2-11(3-5-12)7-31-20-13(22)6-14-19(25-20)26-21(24-14)32-16-9-30-17-15(28)8-29-18(16)17/h2-6,15-18,28H,7-9H2,1H3,(H,23,27)(H,24,25,26)/t15-,16-,17?,18-/m1/s1. The van der Waals surface area contributed by atoms with Gasteiger partial charge in [0, 0.05) is 12.6 Å². The molecule has 1 aromatic carbocycles. The zero-order valence-electron chi connectivity index (χ0n) is 17.1. The molecule has 0 bridgehead atoms. The highest BCUT2D eigenvalue weighted by molar-refractivity contribution is 6.32. The molecule has 0 radical (unpaired) electrons. The molecule has 0 aliphatic carbocycles. The molecule has 2 aliphatic rings. The topological polar surface area (TPSA) is 128 Å². The summed E-state index contributed by atoms with van der Waals surface area (Å²) in [5.74, 6) is 0.115. The number of nitrogens with zero attached hydrogens (tertiary/aromatic N) is 2. The monoisotopic (exact) mass is 460 g/mol. The lowest BCUT2D eigenvalue weighted by atomic mass is 10.1. The Hall–Kier alpha value is -2.92. The van der Waals surface area contributed by atoms with Gasteiger partial charge in [-0.2, -0.15) is 9.97 Å². The summed E-state index contributed by atoms with van der Waals surface area (Å²) < 4.78 is 22.8. The van der Waals surface area contributed by atoms with Crippen molar-refractivity contribution < 1.29 is 28.8 Å². The van der Waals surface area contributed by atoms with Gasteiger partial charge in [0.2, 0.25) is 11.8 Å². The molecule has 4 atom stereocenters. The summed E-state index contributed by atoms with van der Waals surface area (Å²) in [7, 11) is 0. The Morgan fingerprint density at radius 1 is 1.25 bits per heavy atom. The average molecular weight is 461 g/mol. The smallest absolute Gasteiger partial charge is 0.296 e. The highest BCUT2D eigenvalue weighted by Crippen LogP contribution is 2.31. The van der Waals surface area contributed by atoms with Crippen LogP contribution >= 0.6 is 11.6 Å². The quantitative estimate of drug-likeness (QED) is 0.510. The highest BCUT2D eigenvalue weighted by atomic mass is 35.5. The van der Waals surface area contributed by atoms with Gasteiger partial charge in [-0.3, -0.25) is 4.79 Å². The van der Waals surface area contributed by atoms with Crippen molar-refractivity contribution in [2.45, 2.75) is 37.9 Å². The van der Waals surface area contributed by atoms with Gasteiger partial charge in [-0.15, -0.1) is 0 Å². The first-order valence-electron chi connectivity index (χ1n) is 10.1. The molecule has 1 amide bonds. The van der Waals surface area contributed by atoms with Crippen molar-refractivity contribution in [1.82, 2.24) is 15.0 Å². The number of nitrogens with one attached hydrogen (secondary N) is 2. The lowest BCUT2D eigenvalue weighted by molar-refractivity contribution is -0.114. The van der Waals surface area contributed by atoms with Crippen molar-refractivity contribution in [3.05, 3.63) is 40.9 Å². The molecule has 2 aromatic heterocycles. The van der Waals surface area contributed by atoms with Crippen LogP contribution in [-0.4, -0.2) is 63.6 Å². The zero-order chi connectivity index (χ0) is 22.2. The minimum absolute atomic E-state index is 0.130. The zero-order valence-corrected chi connectivity index (χ0v) is 17.8. The number of ether oxygens (including phenoxy) is 4. The number of carbonyl (C=O) groups excluding carboxylic acids is 1. The van der Waals surface area contributed by atoms with Gasteiger partial charge in [0.25, 0.3) is 6.01 Å². The average Bonchev–Trinajstić information content (AvgIpc) is 3.44. The predicted octanol–water partition coefficient (Wildman–Crippen LogP) is 2.05. The van der Waals surface area contributed by atoms with E-state index in [2.05, 4.69) is 20.3 Å². The fraction of sp³-hybridized carbons (Fsp3) is 0.381. The number of fused-ring (bicyclic) bond motifs is 2. The predicted molar refractivity (Wildman–Crippen MR) is 114 cm³/mol. The van der Waals surface area contributed by atoms with Crippen molar-refractivity contribution in [2.75, 3.05) is 18.5 Å². The fourth-order valence-electron chi connectivity index (χ4n) is 3.76. The summed E-state index contributed by atoms with van der Waals surface area (Å²) >= 11 is 6.33. The molecule has 4 heterocycles. The van der Waals surface area contributed by atoms with Crippen LogP contribution in [0.4, 0.5) is 5.69 Å². The third-order valence-electron chi connectivity index (χ3n) is 5.27. The number of benzene rings is 1. The normalized spacial score (nSPS) is 24.5. The van der Waals surface area contributed by atoms with E-state index in [-0.39, 0.29) is 49.3 Å². The molecule has 1 unspecified atom stereocenters.